The van der Waals surface area contributed by atoms with Crippen LogP contribution in [0.4, 0.5) is 0 Å². The van der Waals surface area contributed by atoms with Crippen molar-refractivity contribution in [3.8, 4) is 6.07 Å². The number of hydrogen-bond acceptors (Lipinski definition) is 4. The molecule has 0 spiro atoms. The third kappa shape index (κ3) is 1.80. The maximum Gasteiger partial charge on any atom is 0.340 e. The molecule has 7 heteroatoms. The fraction of sp³-hybridized carbons (Fsp3) is 0.182. The molecule has 0 unspecified atom stereocenters. The third-order valence-corrected chi connectivity index (χ3v) is 3.15. The summed E-state index contributed by atoms with van der Waals surface area (Å²) in [6.45, 7) is 1.94. The lowest BCUT2D eigenvalue weighted by atomic mass is 10.3. The van der Waals surface area contributed by atoms with Crippen molar-refractivity contribution < 1.29 is 9.53 Å². The van der Waals surface area contributed by atoms with Crippen molar-refractivity contribution in [3.05, 3.63) is 38.2 Å². The van der Waals surface area contributed by atoms with Crippen LogP contribution in [0.5, 0.6) is 0 Å². The molecule has 0 bridgehead atoms. The van der Waals surface area contributed by atoms with Crippen LogP contribution >= 0.6 is 15.9 Å². The fourth-order valence-corrected chi connectivity index (χ4v) is 2.12. The van der Waals surface area contributed by atoms with Gasteiger partial charge in [0.2, 0.25) is 5.43 Å². The average molecular weight is 310 g/mol. The molecule has 0 aliphatic rings. The van der Waals surface area contributed by atoms with Gasteiger partial charge >= 0.3 is 5.97 Å². The zero-order valence-electron chi connectivity index (χ0n) is 9.36. The molecule has 6 nitrogen and oxygen atoms in total. The van der Waals surface area contributed by atoms with Crippen LogP contribution < -0.4 is 5.43 Å². The molecule has 0 amide bonds. The number of carbonyl (C=O) groups excluding carboxylic acids is 1. The van der Waals surface area contributed by atoms with Gasteiger partial charge in [-0.05, 0) is 28.9 Å². The topological polar surface area (TPSA) is 87.4 Å². The molecule has 2 aromatic heterocycles. The van der Waals surface area contributed by atoms with E-state index in [0.29, 0.717) is 4.60 Å². The molecule has 0 aromatic carbocycles. The number of fused-ring (bicyclic) bond motifs is 1. The van der Waals surface area contributed by atoms with Crippen LogP contribution in [-0.2, 0) is 4.74 Å². The Hall–Kier alpha value is -2.07. The van der Waals surface area contributed by atoms with Crippen molar-refractivity contribution in [2.24, 2.45) is 0 Å². The molecular weight excluding hydrogens is 302 g/mol. The van der Waals surface area contributed by atoms with E-state index >= 15 is 0 Å². The Kier molecular flexibility index (Phi) is 3.21. The van der Waals surface area contributed by atoms with Gasteiger partial charge in [-0.3, -0.25) is 9.89 Å². The van der Waals surface area contributed by atoms with Crippen molar-refractivity contribution in [3.63, 3.8) is 0 Å². The zero-order chi connectivity index (χ0) is 13.3. The first-order valence-corrected chi connectivity index (χ1v) is 5.89. The Balaban J connectivity index is 2.71. The Morgan fingerprint density at radius 1 is 1.67 bits per heavy atom. The van der Waals surface area contributed by atoms with Crippen molar-refractivity contribution >= 4 is 27.4 Å². The van der Waals surface area contributed by atoms with Crippen LogP contribution in [0.3, 0.4) is 0 Å². The van der Waals surface area contributed by atoms with Crippen LogP contribution in [0.1, 0.15) is 22.8 Å². The first kappa shape index (κ1) is 12.4. The van der Waals surface area contributed by atoms with Gasteiger partial charge < -0.3 is 4.74 Å². The number of aromatic amines is 1. The SMILES string of the molecule is CCOC(=O)c1cc2c(=O)c(C#N)c[nH]n2c1Br. The van der Waals surface area contributed by atoms with E-state index in [1.54, 1.807) is 13.0 Å². The predicted molar refractivity (Wildman–Crippen MR) is 66.4 cm³/mol. The summed E-state index contributed by atoms with van der Waals surface area (Å²) in [6.07, 6.45) is 1.29. The monoisotopic (exact) mass is 309 g/mol. The summed E-state index contributed by atoms with van der Waals surface area (Å²) in [7, 11) is 0. The minimum atomic E-state index is -0.528. The molecule has 0 atom stereocenters. The second-order valence-corrected chi connectivity index (χ2v) is 4.17. The molecule has 2 heterocycles. The van der Waals surface area contributed by atoms with Gasteiger partial charge in [0, 0.05) is 6.20 Å². The molecular formula is C11H8BrN3O3. The van der Waals surface area contributed by atoms with Crippen LogP contribution in [0.2, 0.25) is 0 Å². The van der Waals surface area contributed by atoms with Crippen molar-refractivity contribution in [2.75, 3.05) is 6.61 Å². The number of esters is 1. The standard InChI is InChI=1S/C11H8BrN3O3/c1-2-18-11(17)7-3-8-9(16)6(4-13)5-14-15(8)10(7)12/h3,5,14H,2H2,1H3. The average Bonchev–Trinajstić information content (AvgIpc) is 2.69. The summed E-state index contributed by atoms with van der Waals surface area (Å²) >= 11 is 3.21. The molecule has 92 valence electrons. The quantitative estimate of drug-likeness (QED) is 0.850. The highest BCUT2D eigenvalue weighted by molar-refractivity contribution is 9.10. The van der Waals surface area contributed by atoms with E-state index in [-0.39, 0.29) is 23.3 Å². The molecule has 1 N–H and O–H groups in total. The third-order valence-electron chi connectivity index (χ3n) is 2.37. The van der Waals surface area contributed by atoms with Crippen molar-refractivity contribution in [1.82, 2.24) is 9.61 Å². The van der Waals surface area contributed by atoms with Gasteiger partial charge in [-0.2, -0.15) is 5.26 Å². The molecule has 18 heavy (non-hydrogen) atoms. The van der Waals surface area contributed by atoms with Crippen LogP contribution in [-0.4, -0.2) is 22.2 Å². The van der Waals surface area contributed by atoms with E-state index in [9.17, 15) is 9.59 Å². The zero-order valence-corrected chi connectivity index (χ0v) is 10.9. The minimum absolute atomic E-state index is 0.0112. The number of ether oxygens (including phenoxy) is 1. The van der Waals surface area contributed by atoms with Gasteiger partial charge in [0.05, 0.1) is 12.2 Å². The molecule has 0 saturated heterocycles. The normalized spacial score (nSPS) is 10.3. The number of nitrogens with zero attached hydrogens (tertiary/aromatic N) is 2. The largest absolute Gasteiger partial charge is 0.462 e. The number of aromatic nitrogens is 2. The Bertz CT molecular complexity index is 723. The van der Waals surface area contributed by atoms with Gasteiger partial charge in [0.1, 0.15) is 21.8 Å². The second-order valence-electron chi connectivity index (χ2n) is 3.42. The number of nitriles is 1. The number of H-pyrrole nitrogens is 1. The smallest absolute Gasteiger partial charge is 0.340 e. The lowest BCUT2D eigenvalue weighted by molar-refractivity contribution is 0.0525. The summed E-state index contributed by atoms with van der Waals surface area (Å²) in [4.78, 5) is 23.5. The van der Waals surface area contributed by atoms with Gasteiger partial charge in [-0.15, -0.1) is 0 Å². The lowest BCUT2D eigenvalue weighted by Gasteiger charge is -1.99. The first-order valence-electron chi connectivity index (χ1n) is 5.10. The first-order chi connectivity index (χ1) is 8.60. The molecule has 0 aliphatic carbocycles. The van der Waals surface area contributed by atoms with Gasteiger partial charge in [0.15, 0.2) is 0 Å². The van der Waals surface area contributed by atoms with E-state index in [1.165, 1.54) is 16.8 Å². The summed E-state index contributed by atoms with van der Waals surface area (Å²) in [6, 6.07) is 3.17. The predicted octanol–water partition coefficient (Wildman–Crippen LogP) is 1.44. The Morgan fingerprint density at radius 3 is 3.00 bits per heavy atom. The summed E-state index contributed by atoms with van der Waals surface area (Å²) in [5.41, 5.74) is -0.000301. The molecule has 0 radical (unpaired) electrons. The minimum Gasteiger partial charge on any atom is -0.462 e. The molecule has 0 fully saturated rings. The van der Waals surface area contributed by atoms with Gasteiger partial charge in [0.25, 0.3) is 0 Å². The molecule has 2 aromatic rings. The van der Waals surface area contributed by atoms with Crippen LogP contribution in [0, 0.1) is 11.3 Å². The number of hydrogen-bond donors (Lipinski definition) is 1. The Morgan fingerprint density at radius 2 is 2.39 bits per heavy atom. The van der Waals surface area contributed by atoms with E-state index < -0.39 is 11.4 Å². The van der Waals surface area contributed by atoms with Gasteiger partial charge in [-0.25, -0.2) is 9.31 Å². The van der Waals surface area contributed by atoms with Crippen LogP contribution in [0.15, 0.2) is 21.7 Å². The highest BCUT2D eigenvalue weighted by Gasteiger charge is 2.18. The highest BCUT2D eigenvalue weighted by atomic mass is 79.9. The summed E-state index contributed by atoms with van der Waals surface area (Å²) in [5.74, 6) is -0.528. The highest BCUT2D eigenvalue weighted by Crippen LogP contribution is 2.20. The van der Waals surface area contributed by atoms with Crippen LogP contribution in [0.25, 0.3) is 5.52 Å². The van der Waals surface area contributed by atoms with E-state index in [0.717, 1.165) is 0 Å². The molecule has 2 rings (SSSR count). The maximum absolute atomic E-state index is 11.9. The maximum atomic E-state index is 11.9. The fourth-order valence-electron chi connectivity index (χ4n) is 1.55. The second kappa shape index (κ2) is 4.66. The van der Waals surface area contributed by atoms with E-state index in [1.807, 2.05) is 0 Å². The molecule has 0 aliphatic heterocycles. The van der Waals surface area contributed by atoms with Crippen molar-refractivity contribution in [2.45, 2.75) is 6.92 Å². The molecule has 0 saturated carbocycles. The number of rotatable bonds is 2. The van der Waals surface area contributed by atoms with Crippen molar-refractivity contribution in [1.29, 1.82) is 5.26 Å². The summed E-state index contributed by atoms with van der Waals surface area (Å²) < 4.78 is 6.64. The number of nitrogens with one attached hydrogen (secondary N) is 1. The summed E-state index contributed by atoms with van der Waals surface area (Å²) in [5, 5.41) is 11.5. The van der Waals surface area contributed by atoms with Gasteiger partial charge in [-0.1, -0.05) is 0 Å². The number of halogens is 1. The lowest BCUT2D eigenvalue weighted by Crippen LogP contribution is -2.10. The van der Waals surface area contributed by atoms with E-state index in [4.69, 9.17) is 10.00 Å². The number of carbonyl (C=O) groups is 1. The Labute approximate surface area is 110 Å². The van der Waals surface area contributed by atoms with E-state index in [2.05, 4.69) is 21.0 Å².